The number of nitrogens with zero attached hydrogens (tertiary/aromatic N) is 1. The van der Waals surface area contributed by atoms with Crippen LogP contribution in [0.1, 0.15) is 11.1 Å². The van der Waals surface area contributed by atoms with Gasteiger partial charge in [0.2, 0.25) is 0 Å². The van der Waals surface area contributed by atoms with E-state index in [1.807, 2.05) is 49.4 Å². The van der Waals surface area contributed by atoms with Gasteiger partial charge in [-0.05, 0) is 42.8 Å². The second kappa shape index (κ2) is 6.96. The number of benzene rings is 2. The first kappa shape index (κ1) is 15.7. The number of hydrogen-bond acceptors (Lipinski definition) is 4. The van der Waals surface area contributed by atoms with Gasteiger partial charge in [0, 0.05) is 17.2 Å². The number of thioether (sulfide) groups is 1. The minimum absolute atomic E-state index is 0.315. The molecule has 1 amide bonds. The molecule has 0 bridgehead atoms. The van der Waals surface area contributed by atoms with Gasteiger partial charge in [-0.2, -0.15) is 0 Å². The highest BCUT2D eigenvalue weighted by Crippen LogP contribution is 2.30. The van der Waals surface area contributed by atoms with Crippen LogP contribution in [0, 0.1) is 6.92 Å². The minimum atomic E-state index is -0.315. The maximum Gasteiger partial charge on any atom is 0.415 e. The van der Waals surface area contributed by atoms with Crippen molar-refractivity contribution in [2.75, 3.05) is 19.4 Å². The Balaban J connectivity index is 1.74. The molecule has 1 aliphatic heterocycles. The monoisotopic (exact) mass is 329 g/mol. The molecule has 2 aromatic carbocycles. The molecule has 0 atom stereocenters. The Bertz CT molecular complexity index is 700. The molecule has 0 spiro atoms. The first-order chi connectivity index (χ1) is 11.2. The van der Waals surface area contributed by atoms with E-state index in [0.29, 0.717) is 18.8 Å². The van der Waals surface area contributed by atoms with Gasteiger partial charge >= 0.3 is 6.09 Å². The summed E-state index contributed by atoms with van der Waals surface area (Å²) >= 11 is 1.75. The normalized spacial score (nSPS) is 13.9. The number of ether oxygens (including phenoxy) is 2. The number of aryl methyl sites for hydroxylation is 1. The predicted molar refractivity (Wildman–Crippen MR) is 91.3 cm³/mol. The van der Waals surface area contributed by atoms with Crippen LogP contribution in [0.15, 0.2) is 47.4 Å². The van der Waals surface area contributed by atoms with Crippen molar-refractivity contribution in [1.82, 2.24) is 4.90 Å². The lowest BCUT2D eigenvalue weighted by Gasteiger charge is -2.20. The fourth-order valence-corrected chi connectivity index (χ4v) is 3.43. The molecule has 0 unspecified atom stereocenters. The highest BCUT2D eigenvalue weighted by Gasteiger charge is 2.21. The summed E-state index contributed by atoms with van der Waals surface area (Å²) in [5.41, 5.74) is 2.23. The maximum atomic E-state index is 12.4. The third-order valence-corrected chi connectivity index (χ3v) is 4.83. The van der Waals surface area contributed by atoms with Gasteiger partial charge in [-0.1, -0.05) is 17.7 Å². The Morgan fingerprint density at radius 3 is 2.61 bits per heavy atom. The lowest BCUT2D eigenvalue weighted by Crippen LogP contribution is -2.34. The molecular weight excluding hydrogens is 310 g/mol. The van der Waals surface area contributed by atoms with E-state index in [1.54, 1.807) is 23.8 Å². The van der Waals surface area contributed by atoms with E-state index in [0.717, 1.165) is 22.6 Å². The molecule has 0 aromatic heterocycles. The van der Waals surface area contributed by atoms with Gasteiger partial charge in [-0.25, -0.2) is 4.79 Å². The summed E-state index contributed by atoms with van der Waals surface area (Å²) in [6.45, 7) is 3.19. The van der Waals surface area contributed by atoms with Crippen molar-refractivity contribution in [1.29, 1.82) is 0 Å². The lowest BCUT2D eigenvalue weighted by molar-refractivity contribution is 0.152. The van der Waals surface area contributed by atoms with E-state index in [9.17, 15) is 4.79 Å². The molecule has 0 saturated carbocycles. The Kier molecular flexibility index (Phi) is 4.76. The van der Waals surface area contributed by atoms with Crippen molar-refractivity contribution in [3.8, 4) is 11.5 Å². The second-order valence-electron chi connectivity index (χ2n) is 5.42. The smallest absolute Gasteiger partial charge is 0.415 e. The summed E-state index contributed by atoms with van der Waals surface area (Å²) < 4.78 is 10.8. The zero-order valence-electron chi connectivity index (χ0n) is 13.2. The number of amides is 1. The zero-order valence-corrected chi connectivity index (χ0v) is 14.1. The lowest BCUT2D eigenvalue weighted by atomic mass is 10.2. The topological polar surface area (TPSA) is 38.8 Å². The molecule has 0 saturated heterocycles. The molecular formula is C18H19NO3S. The molecule has 0 N–H and O–H groups in total. The third kappa shape index (κ3) is 3.79. The summed E-state index contributed by atoms with van der Waals surface area (Å²) in [5.74, 6) is 2.23. The maximum absolute atomic E-state index is 12.4. The largest absolute Gasteiger partial charge is 0.497 e. The van der Waals surface area contributed by atoms with E-state index in [1.165, 1.54) is 4.90 Å². The fourth-order valence-electron chi connectivity index (χ4n) is 2.43. The quantitative estimate of drug-likeness (QED) is 0.831. The van der Waals surface area contributed by atoms with Gasteiger partial charge in [0.05, 0.1) is 13.7 Å². The van der Waals surface area contributed by atoms with Crippen molar-refractivity contribution in [2.45, 2.75) is 18.4 Å². The molecule has 1 aliphatic rings. The molecule has 0 fully saturated rings. The summed E-state index contributed by atoms with van der Waals surface area (Å²) in [5, 5.41) is 0. The van der Waals surface area contributed by atoms with E-state index in [2.05, 4.69) is 0 Å². The molecule has 4 nitrogen and oxygen atoms in total. The number of hydrogen-bond donors (Lipinski definition) is 0. The Labute approximate surface area is 140 Å². The fraction of sp³-hybridized carbons (Fsp3) is 0.278. The van der Waals surface area contributed by atoms with Gasteiger partial charge in [0.1, 0.15) is 11.5 Å². The van der Waals surface area contributed by atoms with Crippen molar-refractivity contribution in [3.05, 3.63) is 53.6 Å². The van der Waals surface area contributed by atoms with Crippen LogP contribution in [-0.4, -0.2) is 30.4 Å². The molecule has 0 radical (unpaired) electrons. The minimum Gasteiger partial charge on any atom is -0.497 e. The molecule has 120 valence electrons. The first-order valence-electron chi connectivity index (χ1n) is 7.49. The highest BCUT2D eigenvalue weighted by molar-refractivity contribution is 7.99. The van der Waals surface area contributed by atoms with Crippen LogP contribution in [-0.2, 0) is 6.54 Å². The molecule has 23 heavy (non-hydrogen) atoms. The van der Waals surface area contributed by atoms with Crippen LogP contribution < -0.4 is 9.47 Å². The Hall–Kier alpha value is -2.14. The summed E-state index contributed by atoms with van der Waals surface area (Å²) in [6, 6.07) is 13.5. The van der Waals surface area contributed by atoms with Gasteiger partial charge in [-0.15, -0.1) is 11.8 Å². The number of methoxy groups -OCH3 is 1. The van der Waals surface area contributed by atoms with E-state index in [-0.39, 0.29) is 6.09 Å². The van der Waals surface area contributed by atoms with Crippen molar-refractivity contribution >= 4 is 17.9 Å². The number of carbonyl (C=O) groups excluding carboxylic acids is 1. The number of carbonyl (C=O) groups is 1. The van der Waals surface area contributed by atoms with Crippen LogP contribution in [0.25, 0.3) is 0 Å². The second-order valence-corrected chi connectivity index (χ2v) is 6.56. The molecule has 3 rings (SSSR count). The van der Waals surface area contributed by atoms with Gasteiger partial charge < -0.3 is 14.4 Å². The number of fused-ring (bicyclic) bond motifs is 1. The Morgan fingerprint density at radius 1 is 1.13 bits per heavy atom. The van der Waals surface area contributed by atoms with E-state index >= 15 is 0 Å². The number of rotatable bonds is 2. The van der Waals surface area contributed by atoms with Gasteiger partial charge in [0.15, 0.2) is 0 Å². The first-order valence-corrected chi connectivity index (χ1v) is 8.47. The molecule has 0 aliphatic carbocycles. The predicted octanol–water partition coefficient (Wildman–Crippen LogP) is 4.11. The van der Waals surface area contributed by atoms with Crippen LogP contribution in [0.2, 0.25) is 0 Å². The standard InChI is InChI=1S/C18H19NO3S/c1-13-3-5-15(6-4-13)22-18(20)19-9-10-23-17-8-7-16(21-2)11-14(17)12-19/h3-8,11H,9-10,12H2,1-2H3. The van der Waals surface area contributed by atoms with Crippen LogP contribution in [0.3, 0.4) is 0 Å². The summed E-state index contributed by atoms with van der Waals surface area (Å²) in [7, 11) is 1.65. The van der Waals surface area contributed by atoms with E-state index in [4.69, 9.17) is 9.47 Å². The molecule has 1 heterocycles. The molecule has 5 heteroatoms. The summed E-state index contributed by atoms with van der Waals surface area (Å²) in [6.07, 6.45) is -0.315. The van der Waals surface area contributed by atoms with E-state index < -0.39 is 0 Å². The van der Waals surface area contributed by atoms with Gasteiger partial charge in [-0.3, -0.25) is 0 Å². The third-order valence-electron chi connectivity index (χ3n) is 3.73. The highest BCUT2D eigenvalue weighted by atomic mass is 32.2. The molecule has 2 aromatic rings. The Morgan fingerprint density at radius 2 is 1.87 bits per heavy atom. The van der Waals surface area contributed by atoms with Gasteiger partial charge in [0.25, 0.3) is 0 Å². The van der Waals surface area contributed by atoms with Crippen molar-refractivity contribution < 1.29 is 14.3 Å². The average Bonchev–Trinajstić information content (AvgIpc) is 2.78. The van der Waals surface area contributed by atoms with Crippen LogP contribution in [0.5, 0.6) is 11.5 Å². The zero-order chi connectivity index (χ0) is 16.2. The van der Waals surface area contributed by atoms with Crippen molar-refractivity contribution in [2.24, 2.45) is 0 Å². The summed E-state index contributed by atoms with van der Waals surface area (Å²) in [4.78, 5) is 15.4. The van der Waals surface area contributed by atoms with Crippen molar-refractivity contribution in [3.63, 3.8) is 0 Å². The van der Waals surface area contributed by atoms with Crippen LogP contribution >= 0.6 is 11.8 Å². The average molecular weight is 329 g/mol. The van der Waals surface area contributed by atoms with Crippen LogP contribution in [0.4, 0.5) is 4.79 Å². The SMILES string of the molecule is COc1ccc2c(c1)CN(C(=O)Oc1ccc(C)cc1)CCS2.